The fourth-order valence-corrected chi connectivity index (χ4v) is 2.59. The Labute approximate surface area is 137 Å². The van der Waals surface area contributed by atoms with Gasteiger partial charge in [-0.2, -0.15) is 18.3 Å². The van der Waals surface area contributed by atoms with Crippen LogP contribution in [-0.4, -0.2) is 14.9 Å². The molecule has 0 amide bonds. The van der Waals surface area contributed by atoms with E-state index >= 15 is 0 Å². The van der Waals surface area contributed by atoms with Crippen LogP contribution >= 0.6 is 0 Å². The van der Waals surface area contributed by atoms with Crippen molar-refractivity contribution >= 4 is 0 Å². The molecular weight excluding hydrogens is 317 g/mol. The molecule has 1 aromatic heterocycles. The predicted molar refractivity (Wildman–Crippen MR) is 84.7 cm³/mol. The molecule has 3 aromatic rings. The number of aliphatic hydroxyl groups is 1. The van der Waals surface area contributed by atoms with Crippen molar-refractivity contribution < 1.29 is 18.3 Å². The van der Waals surface area contributed by atoms with Gasteiger partial charge in [0, 0.05) is 11.1 Å². The second-order valence-corrected chi connectivity index (χ2v) is 5.45. The summed E-state index contributed by atoms with van der Waals surface area (Å²) in [5.41, 5.74) is 1.01. The van der Waals surface area contributed by atoms with Crippen LogP contribution in [-0.2, 0) is 12.8 Å². The van der Waals surface area contributed by atoms with Gasteiger partial charge in [-0.3, -0.25) is 0 Å². The zero-order valence-electron chi connectivity index (χ0n) is 12.9. The lowest BCUT2D eigenvalue weighted by molar-refractivity contribution is -0.142. The van der Waals surface area contributed by atoms with Crippen LogP contribution in [0.25, 0.3) is 16.9 Å². The lowest BCUT2D eigenvalue weighted by Gasteiger charge is -2.09. The summed E-state index contributed by atoms with van der Waals surface area (Å²) in [5, 5.41) is 13.3. The molecule has 3 nitrogen and oxygen atoms in total. The highest BCUT2D eigenvalue weighted by molar-refractivity contribution is 5.67. The van der Waals surface area contributed by atoms with Gasteiger partial charge in [0.05, 0.1) is 18.0 Å². The molecule has 0 aliphatic heterocycles. The van der Waals surface area contributed by atoms with Crippen molar-refractivity contribution in [1.29, 1.82) is 0 Å². The molecule has 0 bridgehead atoms. The summed E-state index contributed by atoms with van der Waals surface area (Å²) >= 11 is 0. The summed E-state index contributed by atoms with van der Waals surface area (Å²) in [5.74, 6) is 0. The first-order chi connectivity index (χ1) is 11.4. The Bertz CT molecular complexity index is 837. The van der Waals surface area contributed by atoms with Gasteiger partial charge in [0.2, 0.25) is 0 Å². The van der Waals surface area contributed by atoms with E-state index in [1.807, 2.05) is 6.92 Å². The Kier molecular flexibility index (Phi) is 4.15. The first-order valence-corrected chi connectivity index (χ1v) is 7.34. The van der Waals surface area contributed by atoms with Crippen LogP contribution in [0.1, 0.15) is 16.8 Å². The molecule has 0 aliphatic carbocycles. The molecule has 0 fully saturated rings. The van der Waals surface area contributed by atoms with Crippen LogP contribution in [0.15, 0.2) is 54.6 Å². The second kappa shape index (κ2) is 6.13. The minimum Gasteiger partial charge on any atom is -0.392 e. The third-order valence-electron chi connectivity index (χ3n) is 3.74. The molecule has 0 spiro atoms. The van der Waals surface area contributed by atoms with E-state index in [9.17, 15) is 18.3 Å². The minimum absolute atomic E-state index is 0.228. The van der Waals surface area contributed by atoms with Crippen molar-refractivity contribution in [2.75, 3.05) is 0 Å². The molecule has 0 aliphatic rings. The maximum absolute atomic E-state index is 13.3. The summed E-state index contributed by atoms with van der Waals surface area (Å²) in [6.45, 7) is 1.15. The SMILES string of the molecule is Cc1ccc(-n2nc(C(F)(F)F)c(CO)c2-c2ccccc2)cc1. The Balaban J connectivity index is 2.31. The highest BCUT2D eigenvalue weighted by Crippen LogP contribution is 2.37. The first kappa shape index (κ1) is 16.3. The van der Waals surface area contributed by atoms with Gasteiger partial charge in [0.1, 0.15) is 0 Å². The molecule has 0 saturated carbocycles. The highest BCUT2D eigenvalue weighted by Gasteiger charge is 2.39. The van der Waals surface area contributed by atoms with Crippen molar-refractivity contribution in [3.05, 3.63) is 71.4 Å². The van der Waals surface area contributed by atoms with Gasteiger partial charge in [-0.25, -0.2) is 4.68 Å². The van der Waals surface area contributed by atoms with E-state index < -0.39 is 18.5 Å². The van der Waals surface area contributed by atoms with Gasteiger partial charge < -0.3 is 5.11 Å². The van der Waals surface area contributed by atoms with E-state index in [0.717, 1.165) is 5.56 Å². The zero-order chi connectivity index (χ0) is 17.3. The molecule has 6 heteroatoms. The van der Waals surface area contributed by atoms with Crippen LogP contribution in [0.3, 0.4) is 0 Å². The zero-order valence-corrected chi connectivity index (χ0v) is 12.9. The van der Waals surface area contributed by atoms with Crippen LogP contribution in [0.5, 0.6) is 0 Å². The van der Waals surface area contributed by atoms with Crippen molar-refractivity contribution in [2.45, 2.75) is 19.7 Å². The third-order valence-corrected chi connectivity index (χ3v) is 3.74. The fourth-order valence-electron chi connectivity index (χ4n) is 2.59. The number of benzene rings is 2. The van der Waals surface area contributed by atoms with Gasteiger partial charge in [-0.05, 0) is 19.1 Å². The van der Waals surface area contributed by atoms with E-state index in [-0.39, 0.29) is 11.3 Å². The Morgan fingerprint density at radius 3 is 2.17 bits per heavy atom. The standard InChI is InChI=1S/C18H15F3N2O/c1-12-7-9-14(10-8-12)23-16(13-5-3-2-4-6-13)15(11-24)17(22-23)18(19,20)21/h2-10,24H,11H2,1H3. The minimum atomic E-state index is -4.64. The number of hydrogen-bond acceptors (Lipinski definition) is 2. The average molecular weight is 332 g/mol. The molecule has 1 heterocycles. The smallest absolute Gasteiger partial charge is 0.392 e. The maximum atomic E-state index is 13.3. The van der Waals surface area contributed by atoms with Gasteiger partial charge in [-0.1, -0.05) is 48.0 Å². The van der Waals surface area contributed by atoms with Gasteiger partial charge in [0.25, 0.3) is 0 Å². The summed E-state index contributed by atoms with van der Waals surface area (Å²) < 4.78 is 41.3. The fraction of sp³-hybridized carbons (Fsp3) is 0.167. The Hall–Kier alpha value is -2.60. The van der Waals surface area contributed by atoms with Crippen molar-refractivity contribution in [3.63, 3.8) is 0 Å². The molecule has 0 radical (unpaired) electrons. The van der Waals surface area contributed by atoms with E-state index in [1.165, 1.54) is 4.68 Å². The van der Waals surface area contributed by atoms with Crippen LogP contribution in [0.4, 0.5) is 13.2 Å². The van der Waals surface area contributed by atoms with Crippen molar-refractivity contribution in [2.24, 2.45) is 0 Å². The van der Waals surface area contributed by atoms with E-state index in [4.69, 9.17) is 0 Å². The van der Waals surface area contributed by atoms with E-state index in [2.05, 4.69) is 5.10 Å². The molecule has 1 N–H and O–H groups in total. The number of alkyl halides is 3. The van der Waals surface area contributed by atoms with Crippen molar-refractivity contribution in [3.8, 4) is 16.9 Å². The third kappa shape index (κ3) is 2.92. The van der Waals surface area contributed by atoms with Gasteiger partial charge >= 0.3 is 6.18 Å². The first-order valence-electron chi connectivity index (χ1n) is 7.34. The predicted octanol–water partition coefficient (Wildman–Crippen LogP) is 4.36. The lowest BCUT2D eigenvalue weighted by atomic mass is 10.1. The quantitative estimate of drug-likeness (QED) is 0.774. The summed E-state index contributed by atoms with van der Waals surface area (Å²) in [6.07, 6.45) is -4.64. The topological polar surface area (TPSA) is 38.0 Å². The lowest BCUT2D eigenvalue weighted by Crippen LogP contribution is -2.09. The van der Waals surface area contributed by atoms with Gasteiger partial charge in [0.15, 0.2) is 5.69 Å². The Morgan fingerprint density at radius 2 is 1.62 bits per heavy atom. The molecule has 0 unspecified atom stereocenters. The summed E-state index contributed by atoms with van der Waals surface area (Å²) in [7, 11) is 0. The van der Waals surface area contributed by atoms with Crippen LogP contribution in [0.2, 0.25) is 0 Å². The normalized spacial score (nSPS) is 11.7. The number of aryl methyl sites for hydroxylation is 1. The summed E-state index contributed by atoms with van der Waals surface area (Å²) in [4.78, 5) is 0. The van der Waals surface area contributed by atoms with Crippen LogP contribution < -0.4 is 0 Å². The largest absolute Gasteiger partial charge is 0.435 e. The van der Waals surface area contributed by atoms with Crippen LogP contribution in [0, 0.1) is 6.92 Å². The average Bonchev–Trinajstić information content (AvgIpc) is 2.96. The highest BCUT2D eigenvalue weighted by atomic mass is 19.4. The number of halogens is 3. The molecule has 24 heavy (non-hydrogen) atoms. The Morgan fingerprint density at radius 1 is 1.00 bits per heavy atom. The number of nitrogens with zero attached hydrogens (tertiary/aromatic N) is 2. The van der Waals surface area contributed by atoms with E-state index in [0.29, 0.717) is 11.3 Å². The summed E-state index contributed by atoms with van der Waals surface area (Å²) in [6, 6.07) is 15.6. The van der Waals surface area contributed by atoms with E-state index in [1.54, 1.807) is 54.6 Å². The second-order valence-electron chi connectivity index (χ2n) is 5.45. The maximum Gasteiger partial charge on any atom is 0.435 e. The molecule has 0 saturated heterocycles. The monoisotopic (exact) mass is 332 g/mol. The van der Waals surface area contributed by atoms with Gasteiger partial charge in [-0.15, -0.1) is 0 Å². The molecule has 0 atom stereocenters. The molecule has 2 aromatic carbocycles. The number of aliphatic hydroxyl groups excluding tert-OH is 1. The number of aromatic nitrogens is 2. The molecule has 3 rings (SSSR count). The van der Waals surface area contributed by atoms with Crippen molar-refractivity contribution in [1.82, 2.24) is 9.78 Å². The number of hydrogen-bond donors (Lipinski definition) is 1. The number of rotatable bonds is 3. The molecular formula is C18H15F3N2O. The molecule has 124 valence electrons.